The van der Waals surface area contributed by atoms with E-state index in [1.54, 1.807) is 7.11 Å². The van der Waals surface area contributed by atoms with Gasteiger partial charge in [-0.15, -0.1) is 10.2 Å². The topological polar surface area (TPSA) is 101 Å². The molecule has 0 radical (unpaired) electrons. The molecule has 0 spiro atoms. The first-order valence-electron chi connectivity index (χ1n) is 8.37. The highest BCUT2D eigenvalue weighted by Gasteiger charge is 2.21. The molecule has 1 amide bonds. The van der Waals surface area contributed by atoms with E-state index in [-0.39, 0.29) is 18.5 Å². The van der Waals surface area contributed by atoms with Gasteiger partial charge in [0.15, 0.2) is 11.0 Å². The fourth-order valence-electron chi connectivity index (χ4n) is 2.68. The van der Waals surface area contributed by atoms with E-state index >= 15 is 0 Å². The third-order valence-electron chi connectivity index (χ3n) is 3.96. The highest BCUT2D eigenvalue weighted by atomic mass is 32.2. The second kappa shape index (κ2) is 8.91. The minimum atomic E-state index is -0.393. The van der Waals surface area contributed by atoms with Gasteiger partial charge in [-0.05, 0) is 25.0 Å². The van der Waals surface area contributed by atoms with Crippen LogP contribution in [-0.2, 0) is 22.7 Å². The molecule has 26 heavy (non-hydrogen) atoms. The maximum absolute atomic E-state index is 11.1. The number of nitrogens with zero attached hydrogens (tertiary/aromatic N) is 3. The zero-order chi connectivity index (χ0) is 18.4. The first-order chi connectivity index (χ1) is 12.7. The Kier molecular flexibility index (Phi) is 6.35. The second-order valence-electron chi connectivity index (χ2n) is 5.87. The second-order valence-corrected chi connectivity index (χ2v) is 6.81. The van der Waals surface area contributed by atoms with Crippen LogP contribution < -0.4 is 15.2 Å². The third kappa shape index (κ3) is 4.89. The number of hydrogen-bond donors (Lipinski definition) is 1. The van der Waals surface area contributed by atoms with Crippen molar-refractivity contribution in [1.29, 1.82) is 0 Å². The number of nitrogens with two attached hydrogens (primary N) is 1. The van der Waals surface area contributed by atoms with Crippen molar-refractivity contribution in [3.8, 4) is 11.5 Å². The van der Waals surface area contributed by atoms with Gasteiger partial charge in [-0.2, -0.15) is 0 Å². The molecule has 0 saturated carbocycles. The van der Waals surface area contributed by atoms with Crippen LogP contribution in [0.1, 0.15) is 18.7 Å². The molecule has 0 unspecified atom stereocenters. The summed E-state index contributed by atoms with van der Waals surface area (Å²) in [4.78, 5) is 11.1. The van der Waals surface area contributed by atoms with Crippen LogP contribution in [0.2, 0.25) is 0 Å². The summed E-state index contributed by atoms with van der Waals surface area (Å²) in [5.74, 6) is 1.84. The van der Waals surface area contributed by atoms with Gasteiger partial charge in [0.1, 0.15) is 18.1 Å². The molecule has 1 aliphatic heterocycles. The summed E-state index contributed by atoms with van der Waals surface area (Å²) < 4.78 is 18.7. The van der Waals surface area contributed by atoms with Gasteiger partial charge in [-0.25, -0.2) is 0 Å². The van der Waals surface area contributed by atoms with Crippen molar-refractivity contribution in [2.24, 2.45) is 5.73 Å². The largest absolute Gasteiger partial charge is 0.497 e. The summed E-state index contributed by atoms with van der Waals surface area (Å²) in [5.41, 5.74) is 5.24. The van der Waals surface area contributed by atoms with Gasteiger partial charge in [0, 0.05) is 12.7 Å². The normalized spacial score (nSPS) is 16.6. The molecule has 1 aliphatic rings. The number of carbonyl (C=O) groups excluding carboxylic acids is 1. The Balaban J connectivity index is 1.72. The molecule has 1 aromatic heterocycles. The summed E-state index contributed by atoms with van der Waals surface area (Å²) in [6.45, 7) is 1.65. The minimum absolute atomic E-state index is 0.120. The molecule has 1 atom stereocenters. The number of primary amides is 1. The summed E-state index contributed by atoms with van der Waals surface area (Å²) >= 11 is 1.27. The first-order valence-corrected chi connectivity index (χ1v) is 9.36. The molecule has 2 heterocycles. The van der Waals surface area contributed by atoms with Gasteiger partial charge in [-0.3, -0.25) is 4.79 Å². The van der Waals surface area contributed by atoms with E-state index in [2.05, 4.69) is 10.2 Å². The van der Waals surface area contributed by atoms with E-state index in [0.29, 0.717) is 23.3 Å². The quantitative estimate of drug-likeness (QED) is 0.662. The average molecular weight is 378 g/mol. The number of methoxy groups -OCH3 is 1. The standard InChI is InChI=1S/C17H22N4O4S/c1-23-12-4-2-5-13(8-12)25-10-16-19-20-17(26-11-15(18)22)21(16)9-14-6-3-7-24-14/h2,4-5,8,14H,3,6-7,9-11H2,1H3,(H2,18,22)/t14-/m1/s1. The number of benzene rings is 1. The van der Waals surface area contributed by atoms with Crippen LogP contribution in [0.5, 0.6) is 11.5 Å². The van der Waals surface area contributed by atoms with Crippen LogP contribution in [0.15, 0.2) is 29.4 Å². The van der Waals surface area contributed by atoms with Crippen molar-refractivity contribution in [2.45, 2.75) is 37.3 Å². The van der Waals surface area contributed by atoms with Gasteiger partial charge in [0.05, 0.1) is 25.5 Å². The number of hydrogen-bond acceptors (Lipinski definition) is 7. The molecule has 2 N–H and O–H groups in total. The van der Waals surface area contributed by atoms with Crippen LogP contribution in [0, 0.1) is 0 Å². The first kappa shape index (κ1) is 18.5. The van der Waals surface area contributed by atoms with Crippen LogP contribution >= 0.6 is 11.8 Å². The minimum Gasteiger partial charge on any atom is -0.497 e. The molecule has 3 rings (SSSR count). The highest BCUT2D eigenvalue weighted by Crippen LogP contribution is 2.23. The van der Waals surface area contributed by atoms with Crippen LogP contribution in [0.25, 0.3) is 0 Å². The lowest BCUT2D eigenvalue weighted by molar-refractivity contribution is -0.115. The fourth-order valence-corrected chi connectivity index (χ4v) is 3.39. The van der Waals surface area contributed by atoms with Crippen molar-refractivity contribution in [3.63, 3.8) is 0 Å². The lowest BCUT2D eigenvalue weighted by Crippen LogP contribution is -2.19. The predicted octanol–water partition coefficient (Wildman–Crippen LogP) is 1.62. The zero-order valence-corrected chi connectivity index (χ0v) is 15.4. The summed E-state index contributed by atoms with van der Waals surface area (Å²) in [5, 5.41) is 9.05. The fraction of sp³-hybridized carbons (Fsp3) is 0.471. The number of amides is 1. The van der Waals surface area contributed by atoms with Gasteiger partial charge in [0.2, 0.25) is 5.91 Å². The van der Waals surface area contributed by atoms with Crippen LogP contribution in [-0.4, -0.2) is 46.2 Å². The molecular weight excluding hydrogens is 356 g/mol. The molecular formula is C17H22N4O4S. The summed E-state index contributed by atoms with van der Waals surface area (Å²) in [6, 6.07) is 7.38. The monoisotopic (exact) mass is 378 g/mol. The smallest absolute Gasteiger partial charge is 0.227 e. The lowest BCUT2D eigenvalue weighted by Gasteiger charge is -2.15. The van der Waals surface area contributed by atoms with E-state index in [9.17, 15) is 4.79 Å². The molecule has 1 fully saturated rings. The van der Waals surface area contributed by atoms with Crippen LogP contribution in [0.4, 0.5) is 0 Å². The van der Waals surface area contributed by atoms with Gasteiger partial charge >= 0.3 is 0 Å². The molecule has 2 aromatic rings. The van der Waals surface area contributed by atoms with E-state index in [0.717, 1.165) is 25.2 Å². The number of thioether (sulfide) groups is 1. The molecule has 8 nitrogen and oxygen atoms in total. The van der Waals surface area contributed by atoms with E-state index in [1.165, 1.54) is 11.8 Å². The number of ether oxygens (including phenoxy) is 3. The Labute approximate surface area is 156 Å². The van der Waals surface area contributed by atoms with Gasteiger partial charge < -0.3 is 24.5 Å². The maximum Gasteiger partial charge on any atom is 0.227 e. The molecule has 1 saturated heterocycles. The molecule has 1 aromatic carbocycles. The van der Waals surface area contributed by atoms with E-state index in [4.69, 9.17) is 19.9 Å². The Morgan fingerprint density at radius 3 is 3.00 bits per heavy atom. The third-order valence-corrected chi connectivity index (χ3v) is 4.95. The Bertz CT molecular complexity index is 746. The molecule has 140 valence electrons. The van der Waals surface area contributed by atoms with Crippen LogP contribution in [0.3, 0.4) is 0 Å². The molecule has 9 heteroatoms. The lowest BCUT2D eigenvalue weighted by atomic mass is 10.2. The Morgan fingerprint density at radius 2 is 2.27 bits per heavy atom. The summed E-state index contributed by atoms with van der Waals surface area (Å²) in [6.07, 6.45) is 2.16. The van der Waals surface area contributed by atoms with Crippen molar-refractivity contribution >= 4 is 17.7 Å². The predicted molar refractivity (Wildman–Crippen MR) is 96.2 cm³/mol. The highest BCUT2D eigenvalue weighted by molar-refractivity contribution is 7.99. The van der Waals surface area contributed by atoms with Crippen molar-refractivity contribution in [2.75, 3.05) is 19.5 Å². The maximum atomic E-state index is 11.1. The van der Waals surface area contributed by atoms with Gasteiger partial charge in [-0.1, -0.05) is 17.8 Å². The van der Waals surface area contributed by atoms with E-state index in [1.807, 2.05) is 28.8 Å². The number of aromatic nitrogens is 3. The van der Waals surface area contributed by atoms with Gasteiger partial charge in [0.25, 0.3) is 0 Å². The zero-order valence-electron chi connectivity index (χ0n) is 14.6. The summed E-state index contributed by atoms with van der Waals surface area (Å²) in [7, 11) is 1.61. The molecule has 0 bridgehead atoms. The Morgan fingerprint density at radius 1 is 1.42 bits per heavy atom. The average Bonchev–Trinajstić information content (AvgIpc) is 3.29. The van der Waals surface area contributed by atoms with Crippen molar-refractivity contribution < 1.29 is 19.0 Å². The number of carbonyl (C=O) groups is 1. The Hall–Kier alpha value is -2.26. The van der Waals surface area contributed by atoms with Crippen molar-refractivity contribution in [1.82, 2.24) is 14.8 Å². The molecule has 0 aliphatic carbocycles. The van der Waals surface area contributed by atoms with E-state index < -0.39 is 5.91 Å². The number of rotatable bonds is 9. The van der Waals surface area contributed by atoms with Crippen molar-refractivity contribution in [3.05, 3.63) is 30.1 Å². The SMILES string of the molecule is COc1cccc(OCc2nnc(SCC(N)=O)n2C[C@H]2CCCO2)c1.